The minimum absolute atomic E-state index is 0. The number of halogens is 2. The Labute approximate surface area is 158 Å². The molecule has 4 nitrogen and oxygen atoms in total. The zero-order valence-corrected chi connectivity index (χ0v) is 16.5. The topological polar surface area (TPSA) is 44.4 Å². The van der Waals surface area contributed by atoms with Gasteiger partial charge in [0.05, 0.1) is 0 Å². The molecular formula is C18H31Cl2N3O. The summed E-state index contributed by atoms with van der Waals surface area (Å²) in [5.74, 6) is 0.200. The minimum Gasteiger partial charge on any atom is -0.353 e. The molecular weight excluding hydrogens is 345 g/mol. The lowest BCUT2D eigenvalue weighted by Crippen LogP contribution is -2.50. The molecule has 2 rings (SSSR count). The second-order valence-corrected chi connectivity index (χ2v) is 6.49. The minimum atomic E-state index is 0. The first-order chi connectivity index (χ1) is 10.6. The fourth-order valence-corrected chi connectivity index (χ4v) is 3.15. The number of piperidine rings is 1. The number of nitrogens with one attached hydrogen (secondary N) is 2. The van der Waals surface area contributed by atoms with Gasteiger partial charge in [0.1, 0.15) is 0 Å². The number of hydrogen-bond donors (Lipinski definition) is 2. The highest BCUT2D eigenvalue weighted by Crippen LogP contribution is 2.20. The van der Waals surface area contributed by atoms with Gasteiger partial charge in [-0.1, -0.05) is 37.3 Å². The van der Waals surface area contributed by atoms with Crippen molar-refractivity contribution in [1.82, 2.24) is 15.5 Å². The lowest BCUT2D eigenvalue weighted by atomic mass is 9.96. The summed E-state index contributed by atoms with van der Waals surface area (Å²) < 4.78 is 0. The smallest absolute Gasteiger partial charge is 0.224 e. The Bertz CT molecular complexity index is 473. The molecule has 1 heterocycles. The van der Waals surface area contributed by atoms with Gasteiger partial charge in [-0.2, -0.15) is 0 Å². The first-order valence-electron chi connectivity index (χ1n) is 8.33. The van der Waals surface area contributed by atoms with Crippen molar-refractivity contribution in [3.8, 4) is 0 Å². The standard InChI is InChI=1S/C18H29N3O.2ClH/c1-14(12-19-3)18(22)20-17-9-10-21(15(2)11-17)13-16-7-5-4-6-8-16;;/h4-8,14-15,17,19H,9-13H2,1-3H3,(H,20,22);2*1H. The molecule has 24 heavy (non-hydrogen) atoms. The molecule has 1 aliphatic rings. The molecule has 0 bridgehead atoms. The van der Waals surface area contributed by atoms with Crippen LogP contribution in [-0.2, 0) is 11.3 Å². The van der Waals surface area contributed by atoms with Crippen molar-refractivity contribution in [2.45, 2.75) is 45.3 Å². The van der Waals surface area contributed by atoms with Gasteiger partial charge in [0.15, 0.2) is 0 Å². The van der Waals surface area contributed by atoms with Crippen LogP contribution < -0.4 is 10.6 Å². The summed E-state index contributed by atoms with van der Waals surface area (Å²) in [5, 5.41) is 6.27. The van der Waals surface area contributed by atoms with Crippen molar-refractivity contribution in [1.29, 1.82) is 0 Å². The van der Waals surface area contributed by atoms with Crippen molar-refractivity contribution in [2.75, 3.05) is 20.1 Å². The van der Waals surface area contributed by atoms with Crippen LogP contribution in [0.2, 0.25) is 0 Å². The summed E-state index contributed by atoms with van der Waals surface area (Å²) in [5.41, 5.74) is 1.36. The number of rotatable bonds is 6. The summed E-state index contributed by atoms with van der Waals surface area (Å²) in [4.78, 5) is 14.6. The molecule has 0 spiro atoms. The summed E-state index contributed by atoms with van der Waals surface area (Å²) >= 11 is 0. The number of carbonyl (C=O) groups excluding carboxylic acids is 1. The first-order valence-corrected chi connectivity index (χ1v) is 8.33. The molecule has 6 heteroatoms. The quantitative estimate of drug-likeness (QED) is 0.803. The SMILES string of the molecule is CNCC(C)C(=O)NC1CCN(Cc2ccccc2)C(C)C1.Cl.Cl. The third-order valence-electron chi connectivity index (χ3n) is 4.55. The first kappa shape index (κ1) is 23.2. The van der Waals surface area contributed by atoms with E-state index in [0.717, 1.165) is 32.5 Å². The van der Waals surface area contributed by atoms with Crippen LogP contribution >= 0.6 is 24.8 Å². The molecule has 3 atom stereocenters. The van der Waals surface area contributed by atoms with Crippen molar-refractivity contribution in [3.63, 3.8) is 0 Å². The predicted molar refractivity (Wildman–Crippen MR) is 105 cm³/mol. The van der Waals surface area contributed by atoms with Crippen molar-refractivity contribution >= 4 is 30.7 Å². The average molecular weight is 376 g/mol. The van der Waals surface area contributed by atoms with Gasteiger partial charge in [0.2, 0.25) is 5.91 Å². The second-order valence-electron chi connectivity index (χ2n) is 6.49. The van der Waals surface area contributed by atoms with Gasteiger partial charge in [0.25, 0.3) is 0 Å². The largest absolute Gasteiger partial charge is 0.353 e. The van der Waals surface area contributed by atoms with E-state index in [1.54, 1.807) is 0 Å². The number of likely N-dealkylation sites (tertiary alicyclic amines) is 1. The van der Waals surface area contributed by atoms with Crippen LogP contribution in [0, 0.1) is 5.92 Å². The molecule has 0 aromatic heterocycles. The van der Waals surface area contributed by atoms with Crippen LogP contribution in [0.5, 0.6) is 0 Å². The van der Waals surface area contributed by atoms with E-state index in [0.29, 0.717) is 12.1 Å². The predicted octanol–water partition coefficient (Wildman–Crippen LogP) is 2.85. The van der Waals surface area contributed by atoms with E-state index >= 15 is 0 Å². The summed E-state index contributed by atoms with van der Waals surface area (Å²) in [6.45, 7) is 7.01. The maximum absolute atomic E-state index is 12.1. The van der Waals surface area contributed by atoms with Gasteiger partial charge in [-0.05, 0) is 32.4 Å². The molecule has 138 valence electrons. The fourth-order valence-electron chi connectivity index (χ4n) is 3.15. The van der Waals surface area contributed by atoms with Gasteiger partial charge in [0, 0.05) is 37.6 Å². The third kappa shape index (κ3) is 6.98. The Balaban J connectivity index is 0.00000264. The van der Waals surface area contributed by atoms with Crippen LogP contribution in [0.25, 0.3) is 0 Å². The highest BCUT2D eigenvalue weighted by Gasteiger charge is 2.27. The van der Waals surface area contributed by atoms with Gasteiger partial charge >= 0.3 is 0 Å². The highest BCUT2D eigenvalue weighted by molar-refractivity contribution is 5.85. The second kappa shape index (κ2) is 11.7. The fraction of sp³-hybridized carbons (Fsp3) is 0.611. The number of hydrogen-bond acceptors (Lipinski definition) is 3. The normalized spacial score (nSPS) is 22.0. The molecule has 0 aliphatic carbocycles. The van der Waals surface area contributed by atoms with Crippen molar-refractivity contribution in [2.24, 2.45) is 5.92 Å². The zero-order valence-electron chi connectivity index (χ0n) is 14.8. The zero-order chi connectivity index (χ0) is 15.9. The van der Waals surface area contributed by atoms with E-state index in [1.165, 1.54) is 5.56 Å². The number of nitrogens with zero attached hydrogens (tertiary/aromatic N) is 1. The Kier molecular flexibility index (Phi) is 11.3. The average Bonchev–Trinajstić information content (AvgIpc) is 2.51. The molecule has 1 aromatic rings. The Morgan fingerprint density at radius 3 is 2.54 bits per heavy atom. The monoisotopic (exact) mass is 375 g/mol. The van der Waals surface area contributed by atoms with Crippen LogP contribution in [0.3, 0.4) is 0 Å². The molecule has 1 fully saturated rings. The summed E-state index contributed by atoms with van der Waals surface area (Å²) in [7, 11) is 1.88. The van der Waals surface area contributed by atoms with Gasteiger partial charge < -0.3 is 10.6 Å². The molecule has 2 N–H and O–H groups in total. The maximum atomic E-state index is 12.1. The van der Waals surface area contributed by atoms with Gasteiger partial charge in [-0.25, -0.2) is 0 Å². The maximum Gasteiger partial charge on any atom is 0.224 e. The summed E-state index contributed by atoms with van der Waals surface area (Å²) in [6, 6.07) is 11.4. The van der Waals surface area contributed by atoms with Crippen LogP contribution in [0.15, 0.2) is 30.3 Å². The molecule has 1 saturated heterocycles. The molecule has 1 aromatic carbocycles. The van der Waals surface area contributed by atoms with E-state index in [-0.39, 0.29) is 36.6 Å². The Morgan fingerprint density at radius 2 is 1.96 bits per heavy atom. The van der Waals surface area contributed by atoms with Gasteiger partial charge in [-0.15, -0.1) is 24.8 Å². The Morgan fingerprint density at radius 1 is 1.29 bits per heavy atom. The third-order valence-corrected chi connectivity index (χ3v) is 4.55. The number of amides is 1. The molecule has 0 saturated carbocycles. The van der Waals surface area contributed by atoms with Crippen LogP contribution in [-0.4, -0.2) is 43.0 Å². The Hall–Kier alpha value is -0.810. The molecule has 0 radical (unpaired) electrons. The molecule has 1 aliphatic heterocycles. The molecule has 3 unspecified atom stereocenters. The number of carbonyl (C=O) groups is 1. The lowest BCUT2D eigenvalue weighted by Gasteiger charge is -2.38. The van der Waals surface area contributed by atoms with Crippen LogP contribution in [0.1, 0.15) is 32.3 Å². The van der Waals surface area contributed by atoms with E-state index in [1.807, 2.05) is 14.0 Å². The lowest BCUT2D eigenvalue weighted by molar-refractivity contribution is -0.125. The highest BCUT2D eigenvalue weighted by atomic mass is 35.5. The van der Waals surface area contributed by atoms with Crippen molar-refractivity contribution < 1.29 is 4.79 Å². The van der Waals surface area contributed by atoms with E-state index in [9.17, 15) is 4.79 Å². The molecule has 1 amide bonds. The number of benzene rings is 1. The van der Waals surface area contributed by atoms with Crippen molar-refractivity contribution in [3.05, 3.63) is 35.9 Å². The van der Waals surface area contributed by atoms with E-state index in [2.05, 4.69) is 52.8 Å². The van der Waals surface area contributed by atoms with E-state index < -0.39 is 0 Å². The van der Waals surface area contributed by atoms with E-state index in [4.69, 9.17) is 0 Å². The summed E-state index contributed by atoms with van der Waals surface area (Å²) in [6.07, 6.45) is 2.07. The van der Waals surface area contributed by atoms with Crippen LogP contribution in [0.4, 0.5) is 0 Å². The van der Waals surface area contributed by atoms with Gasteiger partial charge in [-0.3, -0.25) is 9.69 Å².